The molecule has 4 N–H and O–H groups in total. The van der Waals surface area contributed by atoms with Crippen LogP contribution in [0.15, 0.2) is 75.6 Å². The highest BCUT2D eigenvalue weighted by Gasteiger charge is 2.33. The van der Waals surface area contributed by atoms with Gasteiger partial charge in [0.25, 0.3) is 11.1 Å². The molecule has 0 amide bonds. The average molecular weight is 797 g/mol. The number of nitrogens with zero attached hydrogens (tertiary/aromatic N) is 4. The van der Waals surface area contributed by atoms with Crippen LogP contribution in [0.2, 0.25) is 0 Å². The molecule has 0 spiro atoms. The van der Waals surface area contributed by atoms with Gasteiger partial charge in [0.1, 0.15) is 5.75 Å². The highest BCUT2D eigenvalue weighted by molar-refractivity contribution is 7.71. The first-order chi connectivity index (χ1) is 27.2. The Morgan fingerprint density at radius 1 is 0.857 bits per heavy atom. The van der Waals surface area contributed by atoms with Crippen molar-refractivity contribution in [2.75, 3.05) is 13.7 Å². The van der Waals surface area contributed by atoms with E-state index in [1.54, 1.807) is 19.4 Å². The molecule has 4 aromatic rings. The first kappa shape index (κ1) is 39.6. The van der Waals surface area contributed by atoms with E-state index in [1.807, 2.05) is 24.4 Å². The highest BCUT2D eigenvalue weighted by Crippen LogP contribution is 2.40. The smallest absolute Gasteiger partial charge is 0.259 e. The van der Waals surface area contributed by atoms with E-state index in [0.29, 0.717) is 43.8 Å². The Morgan fingerprint density at radius 3 is 2.02 bits per heavy atom. The van der Waals surface area contributed by atoms with Crippen LogP contribution < -0.4 is 15.9 Å². The summed E-state index contributed by atoms with van der Waals surface area (Å²) in [6.07, 6.45) is 21.2. The summed E-state index contributed by atoms with van der Waals surface area (Å²) in [4.78, 5) is 40.7. The fourth-order valence-corrected chi connectivity index (χ4v) is 9.33. The van der Waals surface area contributed by atoms with Gasteiger partial charge in [-0.3, -0.25) is 38.6 Å². The van der Waals surface area contributed by atoms with Crippen molar-refractivity contribution in [2.24, 2.45) is 0 Å². The Balaban J connectivity index is 1.37. The number of rotatable bonds is 13. The van der Waals surface area contributed by atoms with Gasteiger partial charge < -0.3 is 14.9 Å². The number of likely N-dealkylation sites (tertiary alicyclic amines) is 1. The fraction of sp³-hybridized carbons (Fsp3) is 0.465. The number of aromatic hydroxyl groups is 2. The van der Waals surface area contributed by atoms with Gasteiger partial charge in [-0.2, -0.15) is 0 Å². The molecule has 11 nitrogen and oxygen atoms in total. The van der Waals surface area contributed by atoms with Gasteiger partial charge in [-0.15, -0.1) is 0 Å². The van der Waals surface area contributed by atoms with Crippen molar-refractivity contribution in [2.45, 2.75) is 115 Å². The SMILES string of the molecule is COc1ccc(C(c2c(O)n(CCC3=CCCCC3)c(=S)[nH]c2=O)c2c(O)n(CCC3=CCCCC3)c(=S)[nH]c2=O)cc1CN1CCCC[C@@H]1c1cccnc1. The lowest BCUT2D eigenvalue weighted by Gasteiger charge is -2.36. The van der Waals surface area contributed by atoms with Gasteiger partial charge in [0.05, 0.1) is 24.2 Å². The molecule has 0 bridgehead atoms. The van der Waals surface area contributed by atoms with Crippen molar-refractivity contribution in [1.29, 1.82) is 0 Å². The molecule has 4 heterocycles. The van der Waals surface area contributed by atoms with Gasteiger partial charge in [0.15, 0.2) is 9.54 Å². The van der Waals surface area contributed by atoms with Gasteiger partial charge in [-0.05, 0) is 137 Å². The molecule has 1 atom stereocenters. The predicted molar refractivity (Wildman–Crippen MR) is 223 cm³/mol. The third kappa shape index (κ3) is 8.69. The second-order valence-electron chi connectivity index (χ2n) is 15.3. The van der Waals surface area contributed by atoms with Crippen LogP contribution >= 0.6 is 24.4 Å². The zero-order chi connectivity index (χ0) is 39.2. The van der Waals surface area contributed by atoms with Crippen LogP contribution in [-0.2, 0) is 19.6 Å². The molecule has 56 heavy (non-hydrogen) atoms. The molecular weight excluding hydrogens is 745 g/mol. The maximum absolute atomic E-state index is 14.2. The van der Waals surface area contributed by atoms with Crippen LogP contribution in [0.25, 0.3) is 0 Å². The van der Waals surface area contributed by atoms with Gasteiger partial charge in [-0.25, -0.2) is 0 Å². The van der Waals surface area contributed by atoms with Crippen molar-refractivity contribution < 1.29 is 14.9 Å². The van der Waals surface area contributed by atoms with Crippen LogP contribution in [0.5, 0.6) is 17.5 Å². The summed E-state index contributed by atoms with van der Waals surface area (Å²) in [6, 6.07) is 9.75. The summed E-state index contributed by atoms with van der Waals surface area (Å²) in [5, 5.41) is 24.3. The monoisotopic (exact) mass is 796 g/mol. The molecule has 7 rings (SSSR count). The summed E-state index contributed by atoms with van der Waals surface area (Å²) in [6.45, 7) is 2.07. The van der Waals surface area contributed by atoms with Gasteiger partial charge in [-0.1, -0.05) is 41.9 Å². The van der Waals surface area contributed by atoms with E-state index < -0.39 is 17.0 Å². The molecule has 1 aromatic carbocycles. The summed E-state index contributed by atoms with van der Waals surface area (Å²) >= 11 is 11.2. The molecule has 2 aliphatic carbocycles. The third-order valence-corrected chi connectivity index (χ3v) is 12.4. The minimum atomic E-state index is -1.20. The molecule has 0 radical (unpaired) electrons. The number of allylic oxidation sites excluding steroid dienone is 4. The number of piperidine rings is 1. The Morgan fingerprint density at radius 2 is 1.48 bits per heavy atom. The van der Waals surface area contributed by atoms with Crippen molar-refractivity contribution in [1.82, 2.24) is 29.0 Å². The number of ether oxygens (including phenoxy) is 1. The number of nitrogens with one attached hydrogen (secondary N) is 2. The van der Waals surface area contributed by atoms with E-state index in [9.17, 15) is 19.8 Å². The zero-order valence-electron chi connectivity index (χ0n) is 32.1. The summed E-state index contributed by atoms with van der Waals surface area (Å²) in [5.74, 6) is -1.24. The minimum absolute atomic E-state index is 0.0852. The zero-order valence-corrected chi connectivity index (χ0v) is 33.7. The van der Waals surface area contributed by atoms with Crippen molar-refractivity contribution in [3.8, 4) is 17.5 Å². The molecule has 1 fully saturated rings. The number of H-pyrrole nitrogens is 2. The van der Waals surface area contributed by atoms with Gasteiger partial charge in [0, 0.05) is 43.6 Å². The van der Waals surface area contributed by atoms with Crippen LogP contribution in [-0.4, -0.2) is 52.9 Å². The Labute approximate surface area is 337 Å². The molecule has 3 aromatic heterocycles. The molecule has 296 valence electrons. The number of aromatic nitrogens is 5. The molecular formula is C43H52N6O5S2. The average Bonchev–Trinajstić information content (AvgIpc) is 3.21. The molecule has 0 unspecified atom stereocenters. The highest BCUT2D eigenvalue weighted by atomic mass is 32.1. The van der Waals surface area contributed by atoms with Crippen molar-refractivity contribution in [3.05, 3.63) is 124 Å². The molecule has 1 aliphatic heterocycles. The van der Waals surface area contributed by atoms with E-state index in [2.05, 4.69) is 38.1 Å². The molecule has 13 heteroatoms. The Kier molecular flexibility index (Phi) is 12.8. The lowest BCUT2D eigenvalue weighted by Crippen LogP contribution is -2.33. The lowest BCUT2D eigenvalue weighted by atomic mass is 9.85. The normalized spacial score (nSPS) is 17.8. The summed E-state index contributed by atoms with van der Waals surface area (Å²) < 4.78 is 9.13. The van der Waals surface area contributed by atoms with Gasteiger partial charge in [0.2, 0.25) is 11.8 Å². The number of aromatic amines is 2. The number of hydrogen-bond acceptors (Lipinski definition) is 9. The molecule has 3 aliphatic rings. The molecule has 1 saturated heterocycles. The number of pyridine rings is 1. The van der Waals surface area contributed by atoms with Crippen LogP contribution in [0.1, 0.15) is 123 Å². The van der Waals surface area contributed by atoms with Crippen LogP contribution in [0, 0.1) is 9.54 Å². The Hall–Kier alpha value is -4.59. The van der Waals surface area contributed by atoms with E-state index in [4.69, 9.17) is 29.2 Å². The molecule has 0 saturated carbocycles. The van der Waals surface area contributed by atoms with Crippen LogP contribution in [0.3, 0.4) is 0 Å². The second-order valence-corrected chi connectivity index (χ2v) is 16.1. The standard InChI is InChI=1S/C43H52N6O5S2/c1-54-34-18-17-30(25-32(34)27-47-22-9-8-16-33(47)31-15-10-21-44-26-31)35(36-38(50)45-42(55)48(40(36)52)23-19-28-11-4-2-5-12-28)37-39(51)46-43(56)49(41(37)53)24-20-29-13-6-3-7-14-29/h10-11,13,15,17-18,21,25-26,33,35,52-53H,2-9,12,14,16,19-20,22-24,27H2,1H3,(H,45,50,55)(H,46,51,56)/t33-/m1/s1. The largest absolute Gasteiger partial charge is 0.496 e. The van der Waals surface area contributed by atoms with Crippen molar-refractivity contribution in [3.63, 3.8) is 0 Å². The maximum atomic E-state index is 14.2. The third-order valence-electron chi connectivity index (χ3n) is 11.8. The first-order valence-corrected chi connectivity index (χ1v) is 20.8. The van der Waals surface area contributed by atoms with Crippen LogP contribution in [0.4, 0.5) is 0 Å². The van der Waals surface area contributed by atoms with E-state index in [0.717, 1.165) is 88.3 Å². The summed E-state index contributed by atoms with van der Waals surface area (Å²) in [5.41, 5.74) is 3.62. The number of hydrogen-bond donors (Lipinski definition) is 4. The summed E-state index contributed by atoms with van der Waals surface area (Å²) in [7, 11) is 1.62. The van der Waals surface area contributed by atoms with Gasteiger partial charge >= 0.3 is 0 Å². The predicted octanol–water partition coefficient (Wildman–Crippen LogP) is 8.63. The second kappa shape index (κ2) is 18.1. The minimum Gasteiger partial charge on any atom is -0.496 e. The fourth-order valence-electron chi connectivity index (χ4n) is 8.79. The lowest BCUT2D eigenvalue weighted by molar-refractivity contribution is 0.139. The maximum Gasteiger partial charge on any atom is 0.259 e. The topological polar surface area (TPSA) is 141 Å². The first-order valence-electron chi connectivity index (χ1n) is 20.0. The quantitative estimate of drug-likeness (QED) is 0.0773. The van der Waals surface area contributed by atoms with E-state index in [-0.39, 0.29) is 38.5 Å². The van der Waals surface area contributed by atoms with E-state index >= 15 is 0 Å². The number of benzene rings is 1. The Bertz CT molecular complexity index is 2240. The van der Waals surface area contributed by atoms with Crippen molar-refractivity contribution >= 4 is 24.4 Å². The van der Waals surface area contributed by atoms with E-state index in [1.165, 1.54) is 20.3 Å². The number of methoxy groups -OCH3 is 1.